The maximum atomic E-state index is 12.7. The zero-order chi connectivity index (χ0) is 15.0. The number of hydrogen-bond acceptors (Lipinski definition) is 3. The molecule has 0 unspecified atom stereocenters. The highest BCUT2D eigenvalue weighted by Gasteiger charge is 2.33. The Kier molecular flexibility index (Phi) is 6.30. The lowest BCUT2D eigenvalue weighted by molar-refractivity contribution is -0.139. The molecule has 1 amide bonds. The molecule has 0 aliphatic carbocycles. The van der Waals surface area contributed by atoms with Crippen LogP contribution < -0.4 is 15.8 Å². The molecule has 20 heavy (non-hydrogen) atoms. The van der Waals surface area contributed by atoms with Crippen LogP contribution in [0.2, 0.25) is 0 Å². The summed E-state index contributed by atoms with van der Waals surface area (Å²) < 4.78 is 43.0. The van der Waals surface area contributed by atoms with E-state index in [0.717, 1.165) is 6.07 Å². The Morgan fingerprint density at radius 1 is 1.30 bits per heavy atom. The van der Waals surface area contributed by atoms with Crippen molar-refractivity contribution < 1.29 is 22.7 Å². The standard InChI is InChI=1S/C13H17F3N2O2/c14-13(15,16)10-4-1-2-5-11(10)20-9-8-18-12(19)6-3-7-17/h1-2,4-5H,3,6-9,17H2,(H,18,19). The Hall–Kier alpha value is -1.76. The molecule has 0 aliphatic heterocycles. The summed E-state index contributed by atoms with van der Waals surface area (Å²) in [5, 5.41) is 2.55. The molecule has 4 nitrogen and oxygen atoms in total. The summed E-state index contributed by atoms with van der Waals surface area (Å²) >= 11 is 0. The van der Waals surface area contributed by atoms with Gasteiger partial charge in [0.25, 0.3) is 0 Å². The van der Waals surface area contributed by atoms with Crippen LogP contribution in [0.15, 0.2) is 24.3 Å². The van der Waals surface area contributed by atoms with Crippen molar-refractivity contribution in [1.29, 1.82) is 0 Å². The second kappa shape index (κ2) is 7.74. The fraction of sp³-hybridized carbons (Fsp3) is 0.462. The number of carbonyl (C=O) groups is 1. The van der Waals surface area contributed by atoms with E-state index in [1.54, 1.807) is 0 Å². The molecule has 0 saturated heterocycles. The van der Waals surface area contributed by atoms with Gasteiger partial charge in [0.1, 0.15) is 12.4 Å². The molecule has 1 aromatic carbocycles. The number of nitrogens with one attached hydrogen (secondary N) is 1. The van der Waals surface area contributed by atoms with Crippen molar-refractivity contribution in [3.8, 4) is 5.75 Å². The van der Waals surface area contributed by atoms with Crippen LogP contribution >= 0.6 is 0 Å². The van der Waals surface area contributed by atoms with Crippen LogP contribution in [-0.4, -0.2) is 25.6 Å². The predicted octanol–water partition coefficient (Wildman–Crippen LogP) is 1.94. The summed E-state index contributed by atoms with van der Waals surface area (Å²) in [5.74, 6) is -0.431. The third-order valence-electron chi connectivity index (χ3n) is 2.48. The van der Waals surface area contributed by atoms with E-state index in [4.69, 9.17) is 10.5 Å². The first kappa shape index (κ1) is 16.3. The van der Waals surface area contributed by atoms with E-state index in [9.17, 15) is 18.0 Å². The molecular formula is C13H17F3N2O2. The Balaban J connectivity index is 2.41. The second-order valence-corrected chi connectivity index (χ2v) is 4.08. The molecule has 0 spiro atoms. The van der Waals surface area contributed by atoms with E-state index in [1.807, 2.05) is 0 Å². The highest BCUT2D eigenvalue weighted by atomic mass is 19.4. The molecule has 0 bridgehead atoms. The normalized spacial score (nSPS) is 11.2. The molecule has 0 radical (unpaired) electrons. The number of nitrogens with two attached hydrogens (primary N) is 1. The molecule has 7 heteroatoms. The Morgan fingerprint density at radius 2 is 2.00 bits per heavy atom. The fourth-order valence-corrected chi connectivity index (χ4v) is 1.53. The van der Waals surface area contributed by atoms with Gasteiger partial charge >= 0.3 is 6.18 Å². The lowest BCUT2D eigenvalue weighted by Crippen LogP contribution is -2.28. The Morgan fingerprint density at radius 3 is 2.65 bits per heavy atom. The van der Waals surface area contributed by atoms with Gasteiger partial charge in [-0.3, -0.25) is 4.79 Å². The van der Waals surface area contributed by atoms with Crippen LogP contribution in [0.3, 0.4) is 0 Å². The van der Waals surface area contributed by atoms with Crippen molar-refractivity contribution in [2.24, 2.45) is 5.73 Å². The van der Waals surface area contributed by atoms with E-state index < -0.39 is 11.7 Å². The van der Waals surface area contributed by atoms with Crippen molar-refractivity contribution in [2.45, 2.75) is 19.0 Å². The van der Waals surface area contributed by atoms with Gasteiger partial charge in [-0.15, -0.1) is 0 Å². The number of hydrogen-bond donors (Lipinski definition) is 2. The van der Waals surface area contributed by atoms with Gasteiger partial charge in [0, 0.05) is 6.42 Å². The summed E-state index contributed by atoms with van der Waals surface area (Å²) in [6.07, 6.45) is -3.58. The molecular weight excluding hydrogens is 273 g/mol. The Labute approximate surface area is 115 Å². The number of halogens is 3. The highest BCUT2D eigenvalue weighted by Crippen LogP contribution is 2.35. The van der Waals surface area contributed by atoms with E-state index >= 15 is 0 Å². The zero-order valence-corrected chi connectivity index (χ0v) is 10.9. The van der Waals surface area contributed by atoms with Crippen molar-refractivity contribution in [2.75, 3.05) is 19.7 Å². The first-order valence-corrected chi connectivity index (χ1v) is 6.21. The topological polar surface area (TPSA) is 64.4 Å². The third kappa shape index (κ3) is 5.48. The highest BCUT2D eigenvalue weighted by molar-refractivity contribution is 5.75. The minimum atomic E-state index is -4.46. The number of para-hydroxylation sites is 1. The zero-order valence-electron chi connectivity index (χ0n) is 10.9. The molecule has 1 rings (SSSR count). The summed E-state index contributed by atoms with van der Waals surface area (Å²) in [6, 6.07) is 4.96. The monoisotopic (exact) mass is 290 g/mol. The van der Waals surface area contributed by atoms with E-state index in [-0.39, 0.29) is 24.8 Å². The van der Waals surface area contributed by atoms with Gasteiger partial charge in [0.05, 0.1) is 12.1 Å². The Bertz CT molecular complexity index is 436. The number of rotatable bonds is 7. The molecule has 0 saturated carbocycles. The van der Waals surface area contributed by atoms with Crippen molar-refractivity contribution in [1.82, 2.24) is 5.32 Å². The molecule has 0 aromatic heterocycles. The number of amides is 1. The average Bonchev–Trinajstić information content (AvgIpc) is 2.40. The van der Waals surface area contributed by atoms with Crippen LogP contribution in [0.1, 0.15) is 18.4 Å². The van der Waals surface area contributed by atoms with Gasteiger partial charge in [-0.1, -0.05) is 12.1 Å². The van der Waals surface area contributed by atoms with Gasteiger partial charge < -0.3 is 15.8 Å². The lowest BCUT2D eigenvalue weighted by atomic mass is 10.2. The smallest absolute Gasteiger partial charge is 0.419 e. The molecule has 0 aliphatic rings. The number of alkyl halides is 3. The van der Waals surface area contributed by atoms with Crippen LogP contribution in [0.25, 0.3) is 0 Å². The fourth-order valence-electron chi connectivity index (χ4n) is 1.53. The second-order valence-electron chi connectivity index (χ2n) is 4.08. The maximum absolute atomic E-state index is 12.7. The van der Waals surface area contributed by atoms with E-state index in [2.05, 4.69) is 5.32 Å². The summed E-state index contributed by atoms with van der Waals surface area (Å²) in [5.41, 5.74) is 4.43. The van der Waals surface area contributed by atoms with Gasteiger partial charge in [-0.05, 0) is 25.1 Å². The van der Waals surface area contributed by atoms with E-state index in [0.29, 0.717) is 19.4 Å². The molecule has 0 heterocycles. The first-order valence-electron chi connectivity index (χ1n) is 6.21. The SMILES string of the molecule is NCCCC(=O)NCCOc1ccccc1C(F)(F)F. The van der Waals surface area contributed by atoms with Crippen LogP contribution in [0.4, 0.5) is 13.2 Å². The lowest BCUT2D eigenvalue weighted by Gasteiger charge is -2.13. The summed E-state index contributed by atoms with van der Waals surface area (Å²) in [6.45, 7) is 0.542. The van der Waals surface area contributed by atoms with Crippen LogP contribution in [-0.2, 0) is 11.0 Å². The summed E-state index contributed by atoms with van der Waals surface area (Å²) in [7, 11) is 0. The molecule has 3 N–H and O–H groups in total. The van der Waals surface area contributed by atoms with Crippen molar-refractivity contribution in [3.05, 3.63) is 29.8 Å². The summed E-state index contributed by atoms with van der Waals surface area (Å²) in [4.78, 5) is 11.2. The quantitative estimate of drug-likeness (QED) is 0.754. The maximum Gasteiger partial charge on any atom is 0.419 e. The minimum absolute atomic E-state index is 0.0263. The third-order valence-corrected chi connectivity index (χ3v) is 2.48. The van der Waals surface area contributed by atoms with Crippen molar-refractivity contribution >= 4 is 5.91 Å². The van der Waals surface area contributed by atoms with Gasteiger partial charge in [-0.25, -0.2) is 0 Å². The van der Waals surface area contributed by atoms with Crippen molar-refractivity contribution in [3.63, 3.8) is 0 Å². The van der Waals surface area contributed by atoms with E-state index in [1.165, 1.54) is 18.2 Å². The van der Waals surface area contributed by atoms with Crippen LogP contribution in [0, 0.1) is 0 Å². The number of benzene rings is 1. The predicted molar refractivity (Wildman–Crippen MR) is 68.2 cm³/mol. The van der Waals surface area contributed by atoms with Gasteiger partial charge in [0.2, 0.25) is 5.91 Å². The van der Waals surface area contributed by atoms with Crippen LogP contribution in [0.5, 0.6) is 5.75 Å². The van der Waals surface area contributed by atoms with Gasteiger partial charge in [0.15, 0.2) is 0 Å². The minimum Gasteiger partial charge on any atom is -0.491 e. The average molecular weight is 290 g/mol. The molecule has 112 valence electrons. The molecule has 0 fully saturated rings. The van der Waals surface area contributed by atoms with Gasteiger partial charge in [-0.2, -0.15) is 13.2 Å². The number of ether oxygens (including phenoxy) is 1. The number of carbonyl (C=O) groups excluding carboxylic acids is 1. The first-order chi connectivity index (χ1) is 9.45. The largest absolute Gasteiger partial charge is 0.491 e. The molecule has 1 aromatic rings. The molecule has 0 atom stereocenters.